The van der Waals surface area contributed by atoms with E-state index in [-0.39, 0.29) is 12.5 Å². The first-order valence-electron chi connectivity index (χ1n) is 5.10. The van der Waals surface area contributed by atoms with Crippen LogP contribution in [-0.2, 0) is 27.4 Å². The number of esters is 1. The lowest BCUT2D eigenvalue weighted by molar-refractivity contribution is -0.139. The molecule has 4 nitrogen and oxygen atoms in total. The molecule has 4 heteroatoms. The number of rotatable bonds is 6. The molecule has 1 N–H and O–H groups in total. The molecule has 1 rings (SSSR count). The number of methoxy groups -OCH3 is 2. The fourth-order valence-corrected chi connectivity index (χ4v) is 1.30. The molecule has 0 amide bonds. The van der Waals surface area contributed by atoms with E-state index in [0.29, 0.717) is 13.2 Å². The minimum absolute atomic E-state index is 0.232. The highest BCUT2D eigenvalue weighted by molar-refractivity contribution is 5.71. The Hall–Kier alpha value is -1.39. The lowest BCUT2D eigenvalue weighted by Gasteiger charge is -2.05. The van der Waals surface area contributed by atoms with Gasteiger partial charge in [-0.1, -0.05) is 24.3 Å². The summed E-state index contributed by atoms with van der Waals surface area (Å²) in [5, 5.41) is 3.00. The molecule has 16 heavy (non-hydrogen) atoms. The molecule has 0 aliphatic rings. The van der Waals surface area contributed by atoms with Gasteiger partial charge in [-0.25, -0.2) is 0 Å². The maximum atomic E-state index is 10.8. The van der Waals surface area contributed by atoms with Crippen molar-refractivity contribution in [2.24, 2.45) is 0 Å². The number of carbonyl (C=O) groups is 1. The Balaban J connectivity index is 2.34. The van der Waals surface area contributed by atoms with Gasteiger partial charge < -0.3 is 14.8 Å². The maximum absolute atomic E-state index is 10.8. The predicted octanol–water partition coefficient (Wildman–Crippen LogP) is 1.10. The summed E-state index contributed by atoms with van der Waals surface area (Å²) in [5.41, 5.74) is 2.27. The van der Waals surface area contributed by atoms with Crippen molar-refractivity contribution in [2.75, 3.05) is 20.8 Å². The Morgan fingerprint density at radius 2 is 1.81 bits per heavy atom. The van der Waals surface area contributed by atoms with Crippen LogP contribution in [0.25, 0.3) is 0 Å². The standard InChI is InChI=1S/C12H17NO3/c1-15-9-11-5-3-10(4-6-11)7-13-8-12(14)16-2/h3-6,13H,7-9H2,1-2H3. The molecule has 0 unspecified atom stereocenters. The molecule has 0 aromatic heterocycles. The number of hydrogen-bond donors (Lipinski definition) is 1. The molecular weight excluding hydrogens is 206 g/mol. The van der Waals surface area contributed by atoms with E-state index in [1.54, 1.807) is 7.11 Å². The van der Waals surface area contributed by atoms with Crippen LogP contribution in [0.2, 0.25) is 0 Å². The van der Waals surface area contributed by atoms with Gasteiger partial charge in [0.25, 0.3) is 0 Å². The van der Waals surface area contributed by atoms with Crippen LogP contribution in [0, 0.1) is 0 Å². The number of benzene rings is 1. The number of nitrogens with one attached hydrogen (secondary N) is 1. The van der Waals surface area contributed by atoms with Gasteiger partial charge in [-0.05, 0) is 11.1 Å². The Labute approximate surface area is 95.6 Å². The summed E-state index contributed by atoms with van der Waals surface area (Å²) in [7, 11) is 3.05. The van der Waals surface area contributed by atoms with E-state index in [1.807, 2.05) is 24.3 Å². The van der Waals surface area contributed by atoms with E-state index < -0.39 is 0 Å². The molecule has 1 aromatic rings. The summed E-state index contributed by atoms with van der Waals surface area (Å²) >= 11 is 0. The summed E-state index contributed by atoms with van der Waals surface area (Å²) in [5.74, 6) is -0.254. The molecule has 1 aromatic carbocycles. The van der Waals surface area contributed by atoms with Gasteiger partial charge in [0.1, 0.15) is 0 Å². The molecule has 0 bridgehead atoms. The van der Waals surface area contributed by atoms with Crippen LogP contribution in [0.5, 0.6) is 0 Å². The number of hydrogen-bond acceptors (Lipinski definition) is 4. The molecular formula is C12H17NO3. The van der Waals surface area contributed by atoms with Gasteiger partial charge in [-0.15, -0.1) is 0 Å². The summed E-state index contributed by atoms with van der Waals surface area (Å²) in [6.45, 7) is 1.51. The molecule has 0 radical (unpaired) electrons. The van der Waals surface area contributed by atoms with Crippen molar-refractivity contribution >= 4 is 5.97 Å². The molecule has 0 atom stereocenters. The third kappa shape index (κ3) is 4.42. The molecule has 0 aliphatic heterocycles. The van der Waals surface area contributed by atoms with Gasteiger partial charge in [0.05, 0.1) is 20.3 Å². The molecule has 0 aliphatic carbocycles. The van der Waals surface area contributed by atoms with Crippen molar-refractivity contribution in [3.05, 3.63) is 35.4 Å². The predicted molar refractivity (Wildman–Crippen MR) is 60.9 cm³/mol. The topological polar surface area (TPSA) is 47.6 Å². The Bertz CT molecular complexity index is 322. The van der Waals surface area contributed by atoms with Gasteiger partial charge in [-0.3, -0.25) is 4.79 Å². The minimum atomic E-state index is -0.254. The average Bonchev–Trinajstić information content (AvgIpc) is 2.31. The van der Waals surface area contributed by atoms with Crippen molar-refractivity contribution < 1.29 is 14.3 Å². The molecule has 0 spiro atoms. The Morgan fingerprint density at radius 3 is 2.38 bits per heavy atom. The fraction of sp³-hybridized carbons (Fsp3) is 0.417. The van der Waals surface area contributed by atoms with Crippen LogP contribution in [0.15, 0.2) is 24.3 Å². The van der Waals surface area contributed by atoms with E-state index in [9.17, 15) is 4.79 Å². The highest BCUT2D eigenvalue weighted by atomic mass is 16.5. The summed E-state index contributed by atoms with van der Waals surface area (Å²) in [6.07, 6.45) is 0. The van der Waals surface area contributed by atoms with Crippen LogP contribution in [0.1, 0.15) is 11.1 Å². The zero-order chi connectivity index (χ0) is 11.8. The molecule has 0 fully saturated rings. The van der Waals surface area contributed by atoms with Crippen molar-refractivity contribution in [3.8, 4) is 0 Å². The second-order valence-corrected chi connectivity index (χ2v) is 3.43. The molecule has 0 heterocycles. The van der Waals surface area contributed by atoms with E-state index in [0.717, 1.165) is 11.1 Å². The zero-order valence-corrected chi connectivity index (χ0v) is 9.66. The quantitative estimate of drug-likeness (QED) is 0.733. The van der Waals surface area contributed by atoms with E-state index in [1.165, 1.54) is 7.11 Å². The van der Waals surface area contributed by atoms with Crippen molar-refractivity contribution in [1.29, 1.82) is 0 Å². The summed E-state index contributed by atoms with van der Waals surface area (Å²) < 4.78 is 9.54. The normalized spacial score (nSPS) is 10.1. The molecule has 0 saturated heterocycles. The lowest BCUT2D eigenvalue weighted by Crippen LogP contribution is -2.23. The highest BCUT2D eigenvalue weighted by Crippen LogP contribution is 2.05. The van der Waals surface area contributed by atoms with Crippen molar-refractivity contribution in [3.63, 3.8) is 0 Å². The van der Waals surface area contributed by atoms with E-state index in [2.05, 4.69) is 10.1 Å². The van der Waals surface area contributed by atoms with Crippen LogP contribution in [0.4, 0.5) is 0 Å². The van der Waals surface area contributed by atoms with Crippen LogP contribution in [0.3, 0.4) is 0 Å². The average molecular weight is 223 g/mol. The smallest absolute Gasteiger partial charge is 0.319 e. The van der Waals surface area contributed by atoms with E-state index >= 15 is 0 Å². The molecule has 88 valence electrons. The van der Waals surface area contributed by atoms with Gasteiger partial charge in [0.15, 0.2) is 0 Å². The number of carbonyl (C=O) groups excluding carboxylic acids is 1. The first-order valence-corrected chi connectivity index (χ1v) is 5.10. The Kier molecular flexibility index (Phi) is 5.53. The number of ether oxygens (including phenoxy) is 2. The van der Waals surface area contributed by atoms with Crippen LogP contribution in [-0.4, -0.2) is 26.7 Å². The third-order valence-electron chi connectivity index (χ3n) is 2.16. The maximum Gasteiger partial charge on any atom is 0.319 e. The SMILES string of the molecule is COCc1ccc(CNCC(=O)OC)cc1. The minimum Gasteiger partial charge on any atom is -0.468 e. The van der Waals surface area contributed by atoms with Gasteiger partial charge in [0, 0.05) is 13.7 Å². The first kappa shape index (κ1) is 12.7. The van der Waals surface area contributed by atoms with Crippen LogP contribution >= 0.6 is 0 Å². The highest BCUT2D eigenvalue weighted by Gasteiger charge is 1.99. The van der Waals surface area contributed by atoms with E-state index in [4.69, 9.17) is 4.74 Å². The zero-order valence-electron chi connectivity index (χ0n) is 9.66. The summed E-state index contributed by atoms with van der Waals surface area (Å²) in [6, 6.07) is 8.05. The third-order valence-corrected chi connectivity index (χ3v) is 2.16. The Morgan fingerprint density at radius 1 is 1.19 bits per heavy atom. The second kappa shape index (κ2) is 6.98. The fourth-order valence-electron chi connectivity index (χ4n) is 1.30. The second-order valence-electron chi connectivity index (χ2n) is 3.43. The molecule has 0 saturated carbocycles. The largest absolute Gasteiger partial charge is 0.468 e. The van der Waals surface area contributed by atoms with Gasteiger partial charge >= 0.3 is 5.97 Å². The summed E-state index contributed by atoms with van der Waals surface area (Å²) in [4.78, 5) is 10.8. The lowest BCUT2D eigenvalue weighted by atomic mass is 10.1. The van der Waals surface area contributed by atoms with Crippen LogP contribution < -0.4 is 5.32 Å². The van der Waals surface area contributed by atoms with Crippen molar-refractivity contribution in [2.45, 2.75) is 13.2 Å². The van der Waals surface area contributed by atoms with Gasteiger partial charge in [-0.2, -0.15) is 0 Å². The van der Waals surface area contributed by atoms with Crippen molar-refractivity contribution in [1.82, 2.24) is 5.32 Å². The van der Waals surface area contributed by atoms with Gasteiger partial charge in [0.2, 0.25) is 0 Å². The first-order chi connectivity index (χ1) is 7.76. The monoisotopic (exact) mass is 223 g/mol.